The van der Waals surface area contributed by atoms with Crippen LogP contribution >= 0.6 is 0 Å². The average molecular weight is 269 g/mol. The zero-order chi connectivity index (χ0) is 14.4. The molecular formula is C18H23NO. The third-order valence-corrected chi connectivity index (χ3v) is 3.23. The van der Waals surface area contributed by atoms with Crippen molar-refractivity contribution in [1.82, 2.24) is 5.32 Å². The minimum Gasteiger partial charge on any atom is -0.491 e. The lowest BCUT2D eigenvalue weighted by Gasteiger charge is -2.17. The summed E-state index contributed by atoms with van der Waals surface area (Å²) in [4.78, 5) is 0. The van der Waals surface area contributed by atoms with Crippen molar-refractivity contribution in [2.75, 3.05) is 0 Å². The Bertz CT molecular complexity index is 522. The number of hydrogen-bond donors (Lipinski definition) is 1. The number of benzene rings is 2. The second-order valence-corrected chi connectivity index (χ2v) is 5.29. The highest BCUT2D eigenvalue weighted by Crippen LogP contribution is 2.20. The van der Waals surface area contributed by atoms with Crippen LogP contribution in [0, 0.1) is 0 Å². The molecule has 0 aliphatic rings. The van der Waals surface area contributed by atoms with Gasteiger partial charge in [-0.05, 0) is 32.4 Å². The Morgan fingerprint density at radius 1 is 0.900 bits per heavy atom. The highest BCUT2D eigenvalue weighted by atomic mass is 16.5. The van der Waals surface area contributed by atoms with Gasteiger partial charge in [0.1, 0.15) is 5.75 Å². The van der Waals surface area contributed by atoms with E-state index in [-0.39, 0.29) is 6.10 Å². The zero-order valence-electron chi connectivity index (χ0n) is 12.5. The Hall–Kier alpha value is -1.80. The first-order valence-electron chi connectivity index (χ1n) is 7.19. The van der Waals surface area contributed by atoms with Crippen LogP contribution in [-0.2, 0) is 6.54 Å². The van der Waals surface area contributed by atoms with Gasteiger partial charge in [0.15, 0.2) is 0 Å². The monoisotopic (exact) mass is 269 g/mol. The van der Waals surface area contributed by atoms with E-state index in [1.807, 2.05) is 18.2 Å². The minimum atomic E-state index is 0.197. The molecule has 0 unspecified atom stereocenters. The summed E-state index contributed by atoms with van der Waals surface area (Å²) in [5.74, 6) is 0.968. The van der Waals surface area contributed by atoms with Gasteiger partial charge in [-0.25, -0.2) is 0 Å². The minimum absolute atomic E-state index is 0.197. The fourth-order valence-corrected chi connectivity index (χ4v) is 2.14. The van der Waals surface area contributed by atoms with Crippen molar-refractivity contribution in [1.29, 1.82) is 0 Å². The van der Waals surface area contributed by atoms with Gasteiger partial charge in [-0.3, -0.25) is 0 Å². The van der Waals surface area contributed by atoms with Gasteiger partial charge < -0.3 is 10.1 Å². The Morgan fingerprint density at radius 3 is 2.25 bits per heavy atom. The van der Waals surface area contributed by atoms with Gasteiger partial charge in [0.2, 0.25) is 0 Å². The highest BCUT2D eigenvalue weighted by molar-refractivity contribution is 5.33. The largest absolute Gasteiger partial charge is 0.491 e. The quantitative estimate of drug-likeness (QED) is 0.843. The summed E-state index contributed by atoms with van der Waals surface area (Å²) in [7, 11) is 0. The van der Waals surface area contributed by atoms with Crippen molar-refractivity contribution in [3.8, 4) is 5.75 Å². The SMILES string of the molecule is CC(C)Oc1ccccc1CN[C@@H](C)c1ccccc1. The Labute approximate surface area is 121 Å². The van der Waals surface area contributed by atoms with Crippen molar-refractivity contribution >= 4 is 0 Å². The van der Waals surface area contributed by atoms with E-state index in [1.54, 1.807) is 0 Å². The summed E-state index contributed by atoms with van der Waals surface area (Å²) in [6.45, 7) is 7.09. The second-order valence-electron chi connectivity index (χ2n) is 5.29. The van der Waals surface area contributed by atoms with E-state index in [2.05, 4.69) is 62.5 Å². The molecule has 0 spiro atoms. The third kappa shape index (κ3) is 4.10. The van der Waals surface area contributed by atoms with Crippen LogP contribution in [0.25, 0.3) is 0 Å². The molecule has 2 nitrogen and oxygen atoms in total. The van der Waals surface area contributed by atoms with E-state index in [4.69, 9.17) is 4.74 Å². The van der Waals surface area contributed by atoms with E-state index in [9.17, 15) is 0 Å². The molecule has 2 aromatic carbocycles. The first kappa shape index (κ1) is 14.6. The van der Waals surface area contributed by atoms with Gasteiger partial charge >= 0.3 is 0 Å². The number of nitrogens with one attached hydrogen (secondary N) is 1. The topological polar surface area (TPSA) is 21.3 Å². The molecule has 0 fully saturated rings. The molecule has 2 heteroatoms. The molecule has 0 aromatic heterocycles. The lowest BCUT2D eigenvalue weighted by Crippen LogP contribution is -2.19. The molecule has 0 amide bonds. The van der Waals surface area contributed by atoms with Gasteiger partial charge in [0.05, 0.1) is 6.10 Å². The summed E-state index contributed by atoms with van der Waals surface area (Å²) < 4.78 is 5.84. The molecule has 2 rings (SSSR count). The number of para-hydroxylation sites is 1. The van der Waals surface area contributed by atoms with E-state index >= 15 is 0 Å². The predicted molar refractivity (Wildman–Crippen MR) is 83.9 cm³/mol. The molecular weight excluding hydrogens is 246 g/mol. The molecule has 0 saturated carbocycles. The van der Waals surface area contributed by atoms with Gasteiger partial charge in [0.25, 0.3) is 0 Å². The third-order valence-electron chi connectivity index (χ3n) is 3.23. The molecule has 106 valence electrons. The first-order chi connectivity index (χ1) is 9.66. The van der Waals surface area contributed by atoms with Crippen LogP contribution in [0.5, 0.6) is 5.75 Å². The molecule has 0 radical (unpaired) electrons. The molecule has 20 heavy (non-hydrogen) atoms. The maximum Gasteiger partial charge on any atom is 0.124 e. The number of rotatable bonds is 6. The van der Waals surface area contributed by atoms with Crippen LogP contribution in [0.3, 0.4) is 0 Å². The Morgan fingerprint density at radius 2 is 1.55 bits per heavy atom. The maximum absolute atomic E-state index is 5.84. The van der Waals surface area contributed by atoms with Crippen LogP contribution in [0.2, 0.25) is 0 Å². The molecule has 1 N–H and O–H groups in total. The summed E-state index contributed by atoms with van der Waals surface area (Å²) in [6, 6.07) is 19.0. The molecule has 1 atom stereocenters. The molecule has 0 bridgehead atoms. The van der Waals surface area contributed by atoms with E-state index in [0.29, 0.717) is 6.04 Å². The van der Waals surface area contributed by atoms with Crippen LogP contribution in [0.4, 0.5) is 0 Å². The number of hydrogen-bond acceptors (Lipinski definition) is 2. The molecule has 2 aromatic rings. The van der Waals surface area contributed by atoms with Crippen molar-refractivity contribution in [3.63, 3.8) is 0 Å². The van der Waals surface area contributed by atoms with Crippen molar-refractivity contribution in [3.05, 3.63) is 65.7 Å². The highest BCUT2D eigenvalue weighted by Gasteiger charge is 2.08. The molecule has 0 aliphatic heterocycles. The zero-order valence-corrected chi connectivity index (χ0v) is 12.5. The second kappa shape index (κ2) is 7.11. The summed E-state index contributed by atoms with van der Waals surface area (Å²) >= 11 is 0. The van der Waals surface area contributed by atoms with Crippen LogP contribution < -0.4 is 10.1 Å². The normalized spacial score (nSPS) is 12.4. The fourth-order valence-electron chi connectivity index (χ4n) is 2.14. The van der Waals surface area contributed by atoms with E-state index < -0.39 is 0 Å². The standard InChI is InChI=1S/C18H23NO/c1-14(2)20-18-12-8-7-11-17(18)13-19-15(3)16-9-5-4-6-10-16/h4-12,14-15,19H,13H2,1-3H3/t15-/m0/s1. The van der Waals surface area contributed by atoms with Gasteiger partial charge in [0, 0.05) is 18.2 Å². The first-order valence-corrected chi connectivity index (χ1v) is 7.19. The Kier molecular flexibility index (Phi) is 5.19. The lowest BCUT2D eigenvalue weighted by atomic mass is 10.1. The van der Waals surface area contributed by atoms with Crippen molar-refractivity contribution < 1.29 is 4.74 Å². The Balaban J connectivity index is 2.00. The summed E-state index contributed by atoms with van der Waals surface area (Å²) in [5.41, 5.74) is 2.50. The average Bonchev–Trinajstić information content (AvgIpc) is 2.46. The smallest absolute Gasteiger partial charge is 0.124 e. The molecule has 0 saturated heterocycles. The summed E-state index contributed by atoms with van der Waals surface area (Å²) in [6.07, 6.45) is 0.197. The maximum atomic E-state index is 5.84. The van der Waals surface area contributed by atoms with Gasteiger partial charge in [-0.15, -0.1) is 0 Å². The predicted octanol–water partition coefficient (Wildman–Crippen LogP) is 4.32. The summed E-state index contributed by atoms with van der Waals surface area (Å²) in [5, 5.41) is 3.55. The van der Waals surface area contributed by atoms with Crippen LogP contribution in [-0.4, -0.2) is 6.10 Å². The van der Waals surface area contributed by atoms with E-state index in [0.717, 1.165) is 12.3 Å². The van der Waals surface area contributed by atoms with Gasteiger partial charge in [-0.1, -0.05) is 48.5 Å². The lowest BCUT2D eigenvalue weighted by molar-refractivity contribution is 0.239. The molecule has 0 aliphatic carbocycles. The number of ether oxygens (including phenoxy) is 1. The van der Waals surface area contributed by atoms with E-state index in [1.165, 1.54) is 11.1 Å². The van der Waals surface area contributed by atoms with Crippen LogP contribution in [0.1, 0.15) is 37.9 Å². The van der Waals surface area contributed by atoms with Gasteiger partial charge in [-0.2, -0.15) is 0 Å². The fraction of sp³-hybridized carbons (Fsp3) is 0.333. The van der Waals surface area contributed by atoms with Crippen LogP contribution in [0.15, 0.2) is 54.6 Å². The molecule has 0 heterocycles. The van der Waals surface area contributed by atoms with Crippen molar-refractivity contribution in [2.45, 2.75) is 39.5 Å². The van der Waals surface area contributed by atoms with Crippen molar-refractivity contribution in [2.24, 2.45) is 0 Å².